The first kappa shape index (κ1) is 12.7. The van der Waals surface area contributed by atoms with Crippen LogP contribution < -0.4 is 5.32 Å². The Kier molecular flexibility index (Phi) is 4.98. The first-order chi connectivity index (χ1) is 7.83. The number of nitrogens with one attached hydrogen (secondary N) is 1. The molecule has 1 aliphatic carbocycles. The minimum Gasteiger partial charge on any atom is -0.317 e. The van der Waals surface area contributed by atoms with Gasteiger partial charge in [-0.05, 0) is 39.2 Å². The molecule has 0 aromatic rings. The molecule has 0 bridgehead atoms. The van der Waals surface area contributed by atoms with Crippen LogP contribution >= 0.6 is 11.8 Å². The highest BCUT2D eigenvalue weighted by molar-refractivity contribution is 8.00. The van der Waals surface area contributed by atoms with E-state index in [-0.39, 0.29) is 0 Å². The molecule has 1 aliphatic heterocycles. The van der Waals surface area contributed by atoms with Crippen molar-refractivity contribution in [3.05, 3.63) is 0 Å². The first-order valence-corrected chi connectivity index (χ1v) is 7.91. The molecule has 0 spiro atoms. The van der Waals surface area contributed by atoms with Gasteiger partial charge in [0.15, 0.2) is 0 Å². The van der Waals surface area contributed by atoms with E-state index in [1.54, 1.807) is 0 Å². The molecule has 1 saturated carbocycles. The van der Waals surface area contributed by atoms with Crippen molar-refractivity contribution in [2.45, 2.75) is 56.4 Å². The van der Waals surface area contributed by atoms with Gasteiger partial charge in [0.1, 0.15) is 0 Å². The molecule has 0 aromatic carbocycles. The number of rotatable bonds is 3. The van der Waals surface area contributed by atoms with Crippen LogP contribution in [0.3, 0.4) is 0 Å². The van der Waals surface area contributed by atoms with Crippen molar-refractivity contribution in [1.29, 1.82) is 0 Å². The van der Waals surface area contributed by atoms with Gasteiger partial charge in [0.25, 0.3) is 0 Å². The lowest BCUT2D eigenvalue weighted by Crippen LogP contribution is -2.47. The minimum atomic E-state index is 0.789. The van der Waals surface area contributed by atoms with Gasteiger partial charge in [-0.25, -0.2) is 0 Å². The highest BCUT2D eigenvalue weighted by Gasteiger charge is 2.28. The van der Waals surface area contributed by atoms with E-state index >= 15 is 0 Å². The van der Waals surface area contributed by atoms with E-state index in [1.165, 1.54) is 50.9 Å². The van der Waals surface area contributed by atoms with Crippen LogP contribution in [0.25, 0.3) is 0 Å². The lowest BCUT2D eigenvalue weighted by molar-refractivity contribution is 0.149. The van der Waals surface area contributed by atoms with Crippen molar-refractivity contribution >= 4 is 11.8 Å². The summed E-state index contributed by atoms with van der Waals surface area (Å²) >= 11 is 2.18. The average molecular weight is 242 g/mol. The van der Waals surface area contributed by atoms with Crippen molar-refractivity contribution in [2.24, 2.45) is 0 Å². The van der Waals surface area contributed by atoms with Crippen LogP contribution in [0.2, 0.25) is 0 Å². The maximum Gasteiger partial charge on any atom is 0.0172 e. The lowest BCUT2D eigenvalue weighted by Gasteiger charge is -2.41. The molecule has 3 heteroatoms. The summed E-state index contributed by atoms with van der Waals surface area (Å²) in [5.74, 6) is 1.35. The number of hydrogen-bond acceptors (Lipinski definition) is 3. The van der Waals surface area contributed by atoms with Gasteiger partial charge in [0.05, 0.1) is 0 Å². The van der Waals surface area contributed by atoms with Crippen molar-refractivity contribution in [3.8, 4) is 0 Å². The van der Waals surface area contributed by atoms with Gasteiger partial charge in [0, 0.05) is 36.2 Å². The molecular formula is C13H26N2S. The van der Waals surface area contributed by atoms with Gasteiger partial charge in [0.2, 0.25) is 0 Å². The molecule has 1 heterocycles. The number of nitrogens with zero attached hydrogens (tertiary/aromatic N) is 1. The van der Waals surface area contributed by atoms with Crippen molar-refractivity contribution < 1.29 is 0 Å². The Bertz CT molecular complexity index is 202. The molecule has 2 rings (SSSR count). The van der Waals surface area contributed by atoms with Crippen LogP contribution in [0, 0.1) is 0 Å². The molecule has 2 aliphatic rings. The largest absolute Gasteiger partial charge is 0.317 e. The van der Waals surface area contributed by atoms with Crippen molar-refractivity contribution in [3.63, 3.8) is 0 Å². The van der Waals surface area contributed by atoms with E-state index in [4.69, 9.17) is 0 Å². The quantitative estimate of drug-likeness (QED) is 0.818. The average Bonchev–Trinajstić information content (AvgIpc) is 2.39. The predicted molar refractivity (Wildman–Crippen MR) is 73.2 cm³/mol. The second-order valence-electron chi connectivity index (χ2n) is 5.19. The molecule has 0 radical (unpaired) electrons. The van der Waals surface area contributed by atoms with Gasteiger partial charge in [-0.15, -0.1) is 0 Å². The van der Waals surface area contributed by atoms with Crippen molar-refractivity contribution in [2.75, 3.05) is 25.9 Å². The Morgan fingerprint density at radius 3 is 2.62 bits per heavy atom. The molecule has 1 saturated heterocycles. The third-order valence-electron chi connectivity index (χ3n) is 4.25. The smallest absolute Gasteiger partial charge is 0.0172 e. The fourth-order valence-corrected chi connectivity index (χ4v) is 4.26. The Balaban J connectivity index is 1.79. The standard InChI is InChI=1S/C13H26N2S/c1-3-13-10-15(8-9-16-13)12-6-4-11(14-2)5-7-12/h11-14H,3-10H2,1-2H3. The summed E-state index contributed by atoms with van der Waals surface area (Å²) in [5, 5.41) is 4.32. The summed E-state index contributed by atoms with van der Waals surface area (Å²) in [4.78, 5) is 2.77. The van der Waals surface area contributed by atoms with Crippen LogP contribution in [0.5, 0.6) is 0 Å². The second kappa shape index (κ2) is 6.27. The third kappa shape index (κ3) is 3.14. The molecule has 0 aromatic heterocycles. The maximum atomic E-state index is 3.42. The highest BCUT2D eigenvalue weighted by atomic mass is 32.2. The molecule has 1 unspecified atom stereocenters. The van der Waals surface area contributed by atoms with Gasteiger partial charge in [-0.1, -0.05) is 6.92 Å². The summed E-state index contributed by atoms with van der Waals surface area (Å²) < 4.78 is 0. The Hall–Kier alpha value is 0.270. The predicted octanol–water partition coefficient (Wildman–Crippen LogP) is 2.34. The Labute approximate surface area is 105 Å². The molecule has 2 nitrogen and oxygen atoms in total. The van der Waals surface area contributed by atoms with E-state index in [1.807, 2.05) is 0 Å². The zero-order chi connectivity index (χ0) is 11.4. The summed E-state index contributed by atoms with van der Waals surface area (Å²) in [5.41, 5.74) is 0. The van der Waals surface area contributed by atoms with Gasteiger partial charge < -0.3 is 5.32 Å². The van der Waals surface area contributed by atoms with Crippen LogP contribution in [-0.2, 0) is 0 Å². The van der Waals surface area contributed by atoms with Crippen LogP contribution in [0.1, 0.15) is 39.0 Å². The summed E-state index contributed by atoms with van der Waals surface area (Å²) in [6.07, 6.45) is 6.91. The molecule has 1 N–H and O–H groups in total. The second-order valence-corrected chi connectivity index (χ2v) is 6.60. The molecule has 0 amide bonds. The van der Waals surface area contributed by atoms with Crippen LogP contribution in [-0.4, -0.2) is 48.1 Å². The Morgan fingerprint density at radius 1 is 1.25 bits per heavy atom. The molecule has 94 valence electrons. The zero-order valence-electron chi connectivity index (χ0n) is 10.7. The van der Waals surface area contributed by atoms with Crippen LogP contribution in [0.15, 0.2) is 0 Å². The van der Waals surface area contributed by atoms with E-state index < -0.39 is 0 Å². The van der Waals surface area contributed by atoms with Gasteiger partial charge in [-0.3, -0.25) is 4.90 Å². The van der Waals surface area contributed by atoms with E-state index in [2.05, 4.69) is 35.9 Å². The number of hydrogen-bond donors (Lipinski definition) is 1. The molecule has 2 fully saturated rings. The van der Waals surface area contributed by atoms with Crippen LogP contribution in [0.4, 0.5) is 0 Å². The van der Waals surface area contributed by atoms with Gasteiger partial charge >= 0.3 is 0 Å². The third-order valence-corrected chi connectivity index (χ3v) is 5.62. The monoisotopic (exact) mass is 242 g/mol. The molecule has 16 heavy (non-hydrogen) atoms. The SMILES string of the molecule is CCC1CN(C2CCC(NC)CC2)CCS1. The lowest BCUT2D eigenvalue weighted by atomic mass is 9.90. The highest BCUT2D eigenvalue weighted by Crippen LogP contribution is 2.28. The fourth-order valence-electron chi connectivity index (χ4n) is 3.05. The summed E-state index contributed by atoms with van der Waals surface area (Å²) in [6.45, 7) is 5.01. The molecular weight excluding hydrogens is 216 g/mol. The summed E-state index contributed by atoms with van der Waals surface area (Å²) in [6, 6.07) is 1.68. The van der Waals surface area contributed by atoms with Gasteiger partial charge in [-0.2, -0.15) is 11.8 Å². The topological polar surface area (TPSA) is 15.3 Å². The maximum absolute atomic E-state index is 3.42. The molecule has 1 atom stereocenters. The first-order valence-electron chi connectivity index (χ1n) is 6.86. The summed E-state index contributed by atoms with van der Waals surface area (Å²) in [7, 11) is 2.11. The number of thioether (sulfide) groups is 1. The fraction of sp³-hybridized carbons (Fsp3) is 1.00. The Morgan fingerprint density at radius 2 is 2.00 bits per heavy atom. The van der Waals surface area contributed by atoms with E-state index in [9.17, 15) is 0 Å². The minimum absolute atomic E-state index is 0.789. The zero-order valence-corrected chi connectivity index (χ0v) is 11.6. The normalized spacial score (nSPS) is 37.5. The van der Waals surface area contributed by atoms with Crippen molar-refractivity contribution in [1.82, 2.24) is 10.2 Å². The van der Waals surface area contributed by atoms with E-state index in [0.29, 0.717) is 0 Å². The van der Waals surface area contributed by atoms with E-state index in [0.717, 1.165) is 17.3 Å².